The summed E-state index contributed by atoms with van der Waals surface area (Å²) in [5.74, 6) is 0.780. The van der Waals surface area contributed by atoms with E-state index < -0.39 is 0 Å². The summed E-state index contributed by atoms with van der Waals surface area (Å²) in [4.78, 5) is 29.8. The van der Waals surface area contributed by atoms with Gasteiger partial charge in [0, 0.05) is 53.0 Å². The Morgan fingerprint density at radius 2 is 0.720 bits per heavy atom. The van der Waals surface area contributed by atoms with E-state index in [4.69, 9.17) is 30.8 Å². The molecule has 0 aromatic heterocycles. The summed E-state index contributed by atoms with van der Waals surface area (Å²) in [7, 11) is 0. The predicted octanol–water partition coefficient (Wildman–Crippen LogP) is 11.2. The van der Waals surface area contributed by atoms with Crippen LogP contribution < -0.4 is 0 Å². The molecule has 0 fully saturated rings. The SMILES string of the molecule is CC(=O)/C=C(/C)O.CC(=O)/C=C(/C)O.Cc1ccc(N=C([N-]c2ccc(C)cc2)C(=Nc2ccc(C)cc2)[N-]c2ccc(C)cc2)cc1.[Pd].[Pd]. The number of carbonyl (C=O) groups is 2. The van der Waals surface area contributed by atoms with Crippen molar-refractivity contribution in [1.29, 1.82) is 0 Å². The molecule has 50 heavy (non-hydrogen) atoms. The smallest absolute Gasteiger partial charge is 0.155 e. The van der Waals surface area contributed by atoms with Gasteiger partial charge in [0.25, 0.3) is 0 Å². The molecule has 4 rings (SSSR count). The molecule has 4 aromatic carbocycles. The van der Waals surface area contributed by atoms with Crippen molar-refractivity contribution in [2.24, 2.45) is 9.98 Å². The molecule has 0 saturated carbocycles. The van der Waals surface area contributed by atoms with Gasteiger partial charge in [0.15, 0.2) is 11.6 Å². The minimum absolute atomic E-state index is 0. The van der Waals surface area contributed by atoms with E-state index in [1.165, 1.54) is 62.1 Å². The first-order valence-electron chi connectivity index (χ1n) is 15.3. The van der Waals surface area contributed by atoms with Gasteiger partial charge in [-0.3, -0.25) is 9.59 Å². The molecule has 0 aliphatic rings. The van der Waals surface area contributed by atoms with E-state index in [1.54, 1.807) is 0 Å². The van der Waals surface area contributed by atoms with Gasteiger partial charge < -0.3 is 30.8 Å². The number of hydrogen-bond acceptors (Lipinski definition) is 6. The monoisotopic (exact) mass is 856 g/mol. The van der Waals surface area contributed by atoms with Crippen molar-refractivity contribution in [3.63, 3.8) is 0 Å². The summed E-state index contributed by atoms with van der Waals surface area (Å²) in [5.41, 5.74) is 7.89. The van der Waals surface area contributed by atoms with Crippen molar-refractivity contribution >= 4 is 46.0 Å². The predicted molar refractivity (Wildman–Crippen MR) is 199 cm³/mol. The van der Waals surface area contributed by atoms with Crippen LogP contribution >= 0.6 is 0 Å². The summed E-state index contributed by atoms with van der Waals surface area (Å²) in [6.45, 7) is 13.9. The Morgan fingerprint density at radius 3 is 0.920 bits per heavy atom. The number of hydrogen-bond donors (Lipinski definition) is 2. The molecule has 0 radical (unpaired) electrons. The average Bonchev–Trinajstić information content (AvgIpc) is 3.00. The van der Waals surface area contributed by atoms with Crippen molar-refractivity contribution in [3.8, 4) is 0 Å². The van der Waals surface area contributed by atoms with Crippen LogP contribution in [-0.2, 0) is 50.4 Å². The minimum Gasteiger partial charge on any atom is -0.512 e. The molecule has 0 spiro atoms. The maximum absolute atomic E-state index is 10.0. The molecule has 270 valence electrons. The third-order valence-electron chi connectivity index (χ3n) is 6.10. The fourth-order valence-corrected chi connectivity index (χ4v) is 3.80. The van der Waals surface area contributed by atoms with Gasteiger partial charge in [-0.05, 0) is 78.1 Å². The van der Waals surface area contributed by atoms with Gasteiger partial charge in [0.05, 0.1) is 11.5 Å². The molecule has 0 unspecified atom stereocenters. The van der Waals surface area contributed by atoms with Gasteiger partial charge in [-0.1, -0.05) is 131 Å². The van der Waals surface area contributed by atoms with Crippen LogP contribution in [0.1, 0.15) is 49.9 Å². The number of benzene rings is 4. The first-order chi connectivity index (χ1) is 22.7. The number of aliphatic hydroxyl groups excluding tert-OH is 2. The summed E-state index contributed by atoms with van der Waals surface area (Å²) >= 11 is 0. The third-order valence-corrected chi connectivity index (χ3v) is 6.10. The first kappa shape index (κ1) is 45.6. The molecule has 8 nitrogen and oxygen atoms in total. The molecule has 0 bridgehead atoms. The van der Waals surface area contributed by atoms with Crippen LogP contribution in [0.15, 0.2) is 131 Å². The van der Waals surface area contributed by atoms with Gasteiger partial charge in [-0.2, -0.15) is 0 Å². The van der Waals surface area contributed by atoms with Gasteiger partial charge in [-0.15, -0.1) is 0 Å². The number of ketones is 2. The van der Waals surface area contributed by atoms with Crippen LogP contribution in [0.5, 0.6) is 0 Å². The fraction of sp³-hybridized carbons (Fsp3) is 0.200. The number of aliphatic imine (C=N–C) groups is 2. The molecule has 0 amide bonds. The number of aliphatic hydroxyl groups is 2. The quantitative estimate of drug-likeness (QED) is 0.0658. The van der Waals surface area contributed by atoms with E-state index in [1.807, 2.05) is 97.1 Å². The molecule has 4 aromatic rings. The number of amidine groups is 2. The van der Waals surface area contributed by atoms with E-state index in [-0.39, 0.29) is 63.9 Å². The third kappa shape index (κ3) is 19.5. The van der Waals surface area contributed by atoms with E-state index in [0.29, 0.717) is 11.7 Å². The fourth-order valence-electron chi connectivity index (χ4n) is 3.80. The van der Waals surface area contributed by atoms with E-state index >= 15 is 0 Å². The number of allylic oxidation sites excluding steroid dienone is 4. The normalized spacial score (nSPS) is 11.3. The molecule has 0 atom stereocenters. The Balaban J connectivity index is 0.00000127. The summed E-state index contributed by atoms with van der Waals surface area (Å²) in [6.07, 6.45) is 2.33. The van der Waals surface area contributed by atoms with Crippen LogP contribution in [0.3, 0.4) is 0 Å². The van der Waals surface area contributed by atoms with Crippen LogP contribution in [0.25, 0.3) is 10.6 Å². The van der Waals surface area contributed by atoms with Crippen LogP contribution in [0.2, 0.25) is 0 Å². The largest absolute Gasteiger partial charge is 0.512 e. The molecular formula is C40H44N4O4Pd2-2. The minimum atomic E-state index is -0.125. The molecule has 2 N–H and O–H groups in total. The summed E-state index contributed by atoms with van der Waals surface area (Å²) in [5, 5.41) is 26.5. The molecular weight excluding hydrogens is 813 g/mol. The number of rotatable bonds is 6. The van der Waals surface area contributed by atoms with Crippen LogP contribution in [0.4, 0.5) is 22.7 Å². The zero-order valence-electron chi connectivity index (χ0n) is 29.5. The average molecular weight is 858 g/mol. The zero-order valence-corrected chi connectivity index (χ0v) is 32.6. The number of nitrogens with zero attached hydrogens (tertiary/aromatic N) is 4. The van der Waals surface area contributed by atoms with Crippen molar-refractivity contribution in [2.75, 3.05) is 0 Å². The van der Waals surface area contributed by atoms with Crippen LogP contribution in [-0.4, -0.2) is 33.5 Å². The van der Waals surface area contributed by atoms with E-state index in [0.717, 1.165) is 22.7 Å². The second-order valence-corrected chi connectivity index (χ2v) is 11.2. The number of carbonyl (C=O) groups excluding carboxylic acids is 2. The van der Waals surface area contributed by atoms with Gasteiger partial charge >= 0.3 is 0 Å². The van der Waals surface area contributed by atoms with E-state index in [2.05, 4.69) is 27.7 Å². The second kappa shape index (κ2) is 23.8. The maximum atomic E-state index is 10.0. The Morgan fingerprint density at radius 1 is 0.480 bits per heavy atom. The first-order valence-corrected chi connectivity index (χ1v) is 15.3. The summed E-state index contributed by atoms with van der Waals surface area (Å²) < 4.78 is 0. The molecule has 10 heteroatoms. The van der Waals surface area contributed by atoms with E-state index in [9.17, 15) is 9.59 Å². The Bertz CT molecular complexity index is 1620. The van der Waals surface area contributed by atoms with Crippen molar-refractivity contribution in [1.82, 2.24) is 0 Å². The molecule has 0 saturated heterocycles. The van der Waals surface area contributed by atoms with Gasteiger partial charge in [0.2, 0.25) is 0 Å². The molecule has 0 heterocycles. The molecule has 0 aliphatic heterocycles. The van der Waals surface area contributed by atoms with Gasteiger partial charge in [0.1, 0.15) is 0 Å². The molecule has 0 aliphatic carbocycles. The van der Waals surface area contributed by atoms with Crippen molar-refractivity contribution in [3.05, 3.63) is 154 Å². The Hall–Kier alpha value is -4.44. The Kier molecular flexibility index (Phi) is 21.7. The topological polar surface area (TPSA) is 128 Å². The van der Waals surface area contributed by atoms with Crippen LogP contribution in [0, 0.1) is 27.7 Å². The van der Waals surface area contributed by atoms with Gasteiger partial charge in [-0.25, -0.2) is 0 Å². The summed E-state index contributed by atoms with van der Waals surface area (Å²) in [6, 6.07) is 32.2. The van der Waals surface area contributed by atoms with Crippen molar-refractivity contribution in [2.45, 2.75) is 55.4 Å². The standard InChI is InChI=1S/C30H28N4.2C5H8O2.2Pd/c1-21-5-13-25(14-6-21)31-29(32-26-15-7-22(2)8-16-26)30(33-27-17-9-23(3)10-18-27)34-28-19-11-24(4)12-20-28;2*1-4(6)3-5(2)7;;/h5-20H,1-4H3;2*3,6H,1-2H3;;/q-2;;;;/b;2*4-3-;;. The number of aryl methyl sites for hydroxylation is 4. The maximum Gasteiger partial charge on any atom is 0.155 e. The Labute approximate surface area is 323 Å². The van der Waals surface area contributed by atoms with Crippen molar-refractivity contribution < 1.29 is 60.6 Å². The second-order valence-electron chi connectivity index (χ2n) is 11.2. The zero-order chi connectivity index (χ0) is 35.6.